The van der Waals surface area contributed by atoms with Gasteiger partial charge in [-0.25, -0.2) is 0 Å². The fourth-order valence-electron chi connectivity index (χ4n) is 0.398. The third-order valence-corrected chi connectivity index (χ3v) is 1.82. The van der Waals surface area contributed by atoms with E-state index < -0.39 is 12.0 Å². The Morgan fingerprint density at radius 3 is 2.82 bits per heavy atom. The maximum atomic E-state index is 9.99. The summed E-state index contributed by atoms with van der Waals surface area (Å²) in [5.41, 5.74) is 5.32. The van der Waals surface area contributed by atoms with E-state index in [0.717, 1.165) is 0 Å². The Bertz CT molecular complexity index is 184. The number of thioether (sulfide) groups is 1. The van der Waals surface area contributed by atoms with Crippen LogP contribution >= 0.6 is 11.8 Å². The van der Waals surface area contributed by atoms with Crippen molar-refractivity contribution in [2.45, 2.75) is 6.04 Å². The zero-order valence-corrected chi connectivity index (χ0v) is 6.60. The summed E-state index contributed by atoms with van der Waals surface area (Å²) < 4.78 is 0. The standard InChI is InChI=1S/C6H9NO3S/c7-5(1-2-8)3-11-4-6(9)10/h5,8H,3-4,7H2,(H,9,10). The van der Waals surface area contributed by atoms with Crippen LogP contribution in [0.5, 0.6) is 0 Å². The molecule has 0 aliphatic heterocycles. The molecule has 0 aromatic carbocycles. The Labute approximate surface area is 68.8 Å². The molecule has 4 nitrogen and oxygen atoms in total. The van der Waals surface area contributed by atoms with Crippen molar-refractivity contribution in [3.63, 3.8) is 0 Å². The molecule has 4 N–H and O–H groups in total. The van der Waals surface area contributed by atoms with Crippen molar-refractivity contribution in [1.29, 1.82) is 0 Å². The van der Waals surface area contributed by atoms with Gasteiger partial charge in [-0.05, 0) is 5.92 Å². The van der Waals surface area contributed by atoms with Gasteiger partial charge >= 0.3 is 5.97 Å². The van der Waals surface area contributed by atoms with Gasteiger partial charge in [0.15, 0.2) is 0 Å². The molecule has 0 radical (unpaired) electrons. The van der Waals surface area contributed by atoms with E-state index in [-0.39, 0.29) is 5.75 Å². The van der Waals surface area contributed by atoms with Crippen LogP contribution in [-0.4, -0.2) is 33.7 Å². The van der Waals surface area contributed by atoms with Crippen molar-refractivity contribution in [2.24, 2.45) is 5.73 Å². The summed E-state index contributed by atoms with van der Waals surface area (Å²) in [4.78, 5) is 9.99. The minimum absolute atomic E-state index is 0.0147. The first kappa shape index (κ1) is 10.1. The van der Waals surface area contributed by atoms with Crippen LogP contribution in [0.2, 0.25) is 0 Å². The molecule has 0 aliphatic carbocycles. The number of rotatable bonds is 4. The molecule has 0 aromatic rings. The molecule has 5 heteroatoms. The minimum Gasteiger partial charge on any atom is -0.481 e. The van der Waals surface area contributed by atoms with E-state index in [1.165, 1.54) is 11.8 Å². The number of hydrogen-bond donors (Lipinski definition) is 3. The van der Waals surface area contributed by atoms with Crippen LogP contribution in [0.1, 0.15) is 0 Å². The van der Waals surface area contributed by atoms with Gasteiger partial charge < -0.3 is 15.9 Å². The van der Waals surface area contributed by atoms with E-state index in [2.05, 4.69) is 5.92 Å². The molecule has 0 heterocycles. The number of aliphatic hydroxyl groups excluding tert-OH is 1. The largest absolute Gasteiger partial charge is 0.481 e. The van der Waals surface area contributed by atoms with Gasteiger partial charge in [-0.1, -0.05) is 0 Å². The van der Waals surface area contributed by atoms with Gasteiger partial charge in [-0.2, -0.15) is 0 Å². The van der Waals surface area contributed by atoms with Crippen LogP contribution in [0.4, 0.5) is 0 Å². The van der Waals surface area contributed by atoms with E-state index in [9.17, 15) is 4.79 Å². The Balaban J connectivity index is 3.36. The van der Waals surface area contributed by atoms with Crippen molar-refractivity contribution in [2.75, 3.05) is 11.5 Å². The Morgan fingerprint density at radius 1 is 1.73 bits per heavy atom. The SMILES string of the molecule is NC(C#CO)CSCC(=O)O. The lowest BCUT2D eigenvalue weighted by Crippen LogP contribution is -2.21. The number of aliphatic carboxylic acids is 1. The zero-order valence-electron chi connectivity index (χ0n) is 5.78. The molecule has 0 aromatic heterocycles. The molecular weight excluding hydrogens is 166 g/mol. The lowest BCUT2D eigenvalue weighted by atomic mass is 10.4. The number of carboxylic acids is 1. The van der Waals surface area contributed by atoms with E-state index in [1.54, 1.807) is 6.11 Å². The highest BCUT2D eigenvalue weighted by Crippen LogP contribution is 1.99. The van der Waals surface area contributed by atoms with Gasteiger partial charge in [0.25, 0.3) is 0 Å². The summed E-state index contributed by atoms with van der Waals surface area (Å²) in [5.74, 6) is 1.84. The molecule has 0 bridgehead atoms. The van der Waals surface area contributed by atoms with Gasteiger partial charge in [0.1, 0.15) is 6.11 Å². The van der Waals surface area contributed by atoms with Crippen molar-refractivity contribution < 1.29 is 15.0 Å². The van der Waals surface area contributed by atoms with E-state index >= 15 is 0 Å². The van der Waals surface area contributed by atoms with Gasteiger partial charge in [0.05, 0.1) is 11.8 Å². The summed E-state index contributed by atoms with van der Waals surface area (Å²) in [6.07, 6.45) is 1.67. The molecule has 11 heavy (non-hydrogen) atoms. The molecule has 0 spiro atoms. The van der Waals surface area contributed by atoms with E-state index in [1.807, 2.05) is 0 Å². The topological polar surface area (TPSA) is 83.5 Å². The first-order chi connectivity index (χ1) is 5.16. The smallest absolute Gasteiger partial charge is 0.313 e. The van der Waals surface area contributed by atoms with Gasteiger partial charge in [0, 0.05) is 5.75 Å². The summed E-state index contributed by atoms with van der Waals surface area (Å²) in [6.45, 7) is 0. The van der Waals surface area contributed by atoms with E-state index in [0.29, 0.717) is 5.75 Å². The van der Waals surface area contributed by atoms with Crippen LogP contribution in [0.25, 0.3) is 0 Å². The number of carbonyl (C=O) groups is 1. The van der Waals surface area contributed by atoms with Crippen molar-refractivity contribution >= 4 is 17.7 Å². The number of hydrogen-bond acceptors (Lipinski definition) is 4. The maximum Gasteiger partial charge on any atom is 0.313 e. The van der Waals surface area contributed by atoms with Crippen LogP contribution in [-0.2, 0) is 4.79 Å². The van der Waals surface area contributed by atoms with Crippen molar-refractivity contribution in [1.82, 2.24) is 0 Å². The zero-order chi connectivity index (χ0) is 8.69. The van der Waals surface area contributed by atoms with Gasteiger partial charge in [0.2, 0.25) is 0 Å². The first-order valence-corrected chi connectivity index (χ1v) is 4.02. The van der Waals surface area contributed by atoms with Gasteiger partial charge in [-0.15, -0.1) is 11.8 Å². The van der Waals surface area contributed by atoms with Crippen LogP contribution < -0.4 is 5.73 Å². The molecule has 0 saturated carbocycles. The highest BCUT2D eigenvalue weighted by Gasteiger charge is 2.00. The Morgan fingerprint density at radius 2 is 2.36 bits per heavy atom. The number of carboxylic acid groups (broad SMARTS) is 1. The van der Waals surface area contributed by atoms with Gasteiger partial charge in [-0.3, -0.25) is 4.79 Å². The normalized spacial score (nSPS) is 11.4. The highest BCUT2D eigenvalue weighted by molar-refractivity contribution is 7.99. The molecule has 0 rings (SSSR count). The Kier molecular flexibility index (Phi) is 5.43. The minimum atomic E-state index is -0.876. The molecule has 0 aliphatic rings. The summed E-state index contributed by atoms with van der Waals surface area (Å²) >= 11 is 1.17. The summed E-state index contributed by atoms with van der Waals surface area (Å²) in [7, 11) is 0. The second-order valence-electron chi connectivity index (χ2n) is 1.77. The quantitative estimate of drug-likeness (QED) is 0.500. The molecule has 62 valence electrons. The first-order valence-electron chi connectivity index (χ1n) is 2.86. The summed E-state index contributed by atoms with van der Waals surface area (Å²) in [6, 6.07) is -0.454. The number of aliphatic hydroxyl groups is 1. The van der Waals surface area contributed by atoms with Crippen molar-refractivity contribution in [3.05, 3.63) is 0 Å². The van der Waals surface area contributed by atoms with Crippen LogP contribution in [0.3, 0.4) is 0 Å². The average Bonchev–Trinajstić information content (AvgIpc) is 1.87. The fraction of sp³-hybridized carbons (Fsp3) is 0.500. The predicted octanol–water partition coefficient (Wildman–Crippen LogP) is -0.535. The maximum absolute atomic E-state index is 9.99. The monoisotopic (exact) mass is 175 g/mol. The second-order valence-corrected chi connectivity index (χ2v) is 2.80. The lowest BCUT2D eigenvalue weighted by Gasteiger charge is -1.99. The second kappa shape index (κ2) is 5.89. The fourth-order valence-corrected chi connectivity index (χ4v) is 1.03. The highest BCUT2D eigenvalue weighted by atomic mass is 32.2. The molecule has 1 atom stereocenters. The molecule has 0 saturated heterocycles. The third kappa shape index (κ3) is 7.03. The molecule has 0 fully saturated rings. The lowest BCUT2D eigenvalue weighted by molar-refractivity contribution is -0.133. The van der Waals surface area contributed by atoms with E-state index in [4.69, 9.17) is 15.9 Å². The predicted molar refractivity (Wildman–Crippen MR) is 42.6 cm³/mol. The van der Waals surface area contributed by atoms with Crippen LogP contribution in [0, 0.1) is 12.0 Å². The summed E-state index contributed by atoms with van der Waals surface area (Å²) in [5, 5.41) is 16.3. The van der Waals surface area contributed by atoms with Crippen LogP contribution in [0.15, 0.2) is 0 Å². The molecule has 1 unspecified atom stereocenters. The number of nitrogens with two attached hydrogens (primary N) is 1. The Hall–Kier alpha value is -0.860. The average molecular weight is 175 g/mol. The third-order valence-electron chi connectivity index (χ3n) is 0.773. The molecular formula is C6H9NO3S. The molecule has 0 amide bonds. The van der Waals surface area contributed by atoms with Crippen molar-refractivity contribution in [3.8, 4) is 12.0 Å².